The Labute approximate surface area is 119 Å². The van der Waals surface area contributed by atoms with Crippen LogP contribution in [0.4, 0.5) is 20.4 Å². The van der Waals surface area contributed by atoms with Gasteiger partial charge in [0.15, 0.2) is 23.3 Å². The molecule has 1 atom stereocenters. The number of halogens is 2. The fourth-order valence-electron chi connectivity index (χ4n) is 2.05. The van der Waals surface area contributed by atoms with Gasteiger partial charge in [-0.25, -0.2) is 13.8 Å². The van der Waals surface area contributed by atoms with Crippen molar-refractivity contribution >= 4 is 11.6 Å². The number of aromatic nitrogens is 1. The van der Waals surface area contributed by atoms with Crippen molar-refractivity contribution in [2.45, 2.75) is 39.7 Å². The maximum Gasteiger partial charge on any atom is 0.168 e. The molecule has 20 heavy (non-hydrogen) atoms. The summed E-state index contributed by atoms with van der Waals surface area (Å²) in [7, 11) is 0. The second kappa shape index (κ2) is 7.99. The highest BCUT2D eigenvalue weighted by molar-refractivity contribution is 5.45. The summed E-state index contributed by atoms with van der Waals surface area (Å²) in [4.78, 5) is 6.03. The molecule has 0 spiro atoms. The van der Waals surface area contributed by atoms with Crippen molar-refractivity contribution in [2.24, 2.45) is 0 Å². The largest absolute Gasteiger partial charge is 0.381 e. The van der Waals surface area contributed by atoms with E-state index in [9.17, 15) is 8.78 Å². The van der Waals surface area contributed by atoms with Crippen molar-refractivity contribution in [1.29, 1.82) is 0 Å². The molecule has 0 saturated heterocycles. The maximum atomic E-state index is 13.5. The molecule has 0 aliphatic carbocycles. The van der Waals surface area contributed by atoms with E-state index in [2.05, 4.69) is 29.0 Å². The minimum absolute atomic E-state index is 0.0132. The summed E-state index contributed by atoms with van der Waals surface area (Å²) in [5.41, 5.74) is 5.34. The summed E-state index contributed by atoms with van der Waals surface area (Å²) in [5, 5.41) is 2.94. The summed E-state index contributed by atoms with van der Waals surface area (Å²) >= 11 is 0. The molecule has 1 unspecified atom stereocenters. The second-order valence-corrected chi connectivity index (χ2v) is 4.90. The van der Waals surface area contributed by atoms with Gasteiger partial charge in [0.2, 0.25) is 0 Å². The first-order valence-electron chi connectivity index (χ1n) is 7.08. The first-order chi connectivity index (χ1) is 9.47. The number of rotatable bonds is 8. The summed E-state index contributed by atoms with van der Waals surface area (Å²) in [5.74, 6) is -1.82. The van der Waals surface area contributed by atoms with Gasteiger partial charge in [-0.15, -0.1) is 0 Å². The van der Waals surface area contributed by atoms with Crippen LogP contribution in [0.2, 0.25) is 0 Å². The molecule has 114 valence electrons. The third-order valence-electron chi connectivity index (χ3n) is 3.35. The first-order valence-corrected chi connectivity index (χ1v) is 7.08. The average molecular weight is 286 g/mol. The number of nitrogens with zero attached hydrogens (tertiary/aromatic N) is 2. The SMILES string of the molecule is CCN(CC)CCCC(C)Nc1nc(N)c(F)cc1F. The predicted octanol–water partition coefficient (Wildman–Crippen LogP) is 2.86. The molecule has 0 saturated carbocycles. The molecule has 3 N–H and O–H groups in total. The number of hydrogen-bond donors (Lipinski definition) is 2. The third kappa shape index (κ3) is 4.92. The van der Waals surface area contributed by atoms with E-state index < -0.39 is 11.6 Å². The molecular formula is C14H24F2N4. The molecule has 0 aliphatic rings. The lowest BCUT2D eigenvalue weighted by Gasteiger charge is -2.20. The normalized spacial score (nSPS) is 12.7. The highest BCUT2D eigenvalue weighted by atomic mass is 19.1. The number of nitrogens with one attached hydrogen (secondary N) is 1. The van der Waals surface area contributed by atoms with Gasteiger partial charge in [0.05, 0.1) is 0 Å². The Balaban J connectivity index is 2.46. The van der Waals surface area contributed by atoms with Crippen molar-refractivity contribution in [2.75, 3.05) is 30.7 Å². The van der Waals surface area contributed by atoms with Gasteiger partial charge >= 0.3 is 0 Å². The Morgan fingerprint density at radius 2 is 1.95 bits per heavy atom. The number of hydrogen-bond acceptors (Lipinski definition) is 4. The zero-order valence-electron chi connectivity index (χ0n) is 12.4. The van der Waals surface area contributed by atoms with E-state index in [1.807, 2.05) is 6.92 Å². The van der Waals surface area contributed by atoms with E-state index in [0.29, 0.717) is 0 Å². The third-order valence-corrected chi connectivity index (χ3v) is 3.35. The Morgan fingerprint density at radius 1 is 1.30 bits per heavy atom. The lowest BCUT2D eigenvalue weighted by molar-refractivity contribution is 0.295. The van der Waals surface area contributed by atoms with Crippen LogP contribution in [0, 0.1) is 11.6 Å². The van der Waals surface area contributed by atoms with E-state index in [1.165, 1.54) is 0 Å². The second-order valence-electron chi connectivity index (χ2n) is 4.90. The topological polar surface area (TPSA) is 54.2 Å². The minimum atomic E-state index is -0.831. The Bertz CT molecular complexity index is 422. The average Bonchev–Trinajstić information content (AvgIpc) is 2.41. The fraction of sp³-hybridized carbons (Fsp3) is 0.643. The van der Waals surface area contributed by atoms with Crippen molar-refractivity contribution in [1.82, 2.24) is 9.88 Å². The Morgan fingerprint density at radius 3 is 2.55 bits per heavy atom. The molecule has 0 amide bonds. The van der Waals surface area contributed by atoms with Crippen molar-refractivity contribution < 1.29 is 8.78 Å². The highest BCUT2D eigenvalue weighted by Crippen LogP contribution is 2.18. The molecular weight excluding hydrogens is 262 g/mol. The maximum absolute atomic E-state index is 13.5. The van der Waals surface area contributed by atoms with E-state index in [4.69, 9.17) is 5.73 Å². The standard InChI is InChI=1S/C14H24F2N4/c1-4-20(5-2)8-6-7-10(3)18-14-12(16)9-11(15)13(17)19-14/h9-10H,4-8H2,1-3H3,(H3,17,18,19). The zero-order valence-corrected chi connectivity index (χ0v) is 12.4. The van der Waals surface area contributed by atoms with E-state index in [-0.39, 0.29) is 17.7 Å². The van der Waals surface area contributed by atoms with Gasteiger partial charge in [-0.3, -0.25) is 0 Å². The van der Waals surface area contributed by atoms with Crippen LogP contribution < -0.4 is 11.1 Å². The first kappa shape index (κ1) is 16.6. The van der Waals surface area contributed by atoms with Gasteiger partial charge in [-0.1, -0.05) is 13.8 Å². The number of nitrogens with two attached hydrogens (primary N) is 1. The van der Waals surface area contributed by atoms with Crippen LogP contribution in [0.25, 0.3) is 0 Å². The summed E-state index contributed by atoms with van der Waals surface area (Å²) in [6.45, 7) is 9.28. The summed E-state index contributed by atoms with van der Waals surface area (Å²) in [6.07, 6.45) is 1.89. The quantitative estimate of drug-likeness (QED) is 0.771. The summed E-state index contributed by atoms with van der Waals surface area (Å²) in [6, 6.07) is 0.810. The fourth-order valence-corrected chi connectivity index (χ4v) is 2.05. The molecule has 1 aromatic rings. The van der Waals surface area contributed by atoms with Crippen LogP contribution in [0.15, 0.2) is 6.07 Å². The van der Waals surface area contributed by atoms with Crippen LogP contribution in [0.1, 0.15) is 33.6 Å². The highest BCUT2D eigenvalue weighted by Gasteiger charge is 2.12. The van der Waals surface area contributed by atoms with Gasteiger partial charge in [-0.05, 0) is 39.4 Å². The van der Waals surface area contributed by atoms with E-state index in [1.54, 1.807) is 0 Å². The van der Waals surface area contributed by atoms with Crippen LogP contribution in [0.3, 0.4) is 0 Å². The molecule has 6 heteroatoms. The van der Waals surface area contributed by atoms with Gasteiger partial charge in [0, 0.05) is 12.1 Å². The smallest absolute Gasteiger partial charge is 0.168 e. The van der Waals surface area contributed by atoms with Gasteiger partial charge in [-0.2, -0.15) is 0 Å². The van der Waals surface area contributed by atoms with Crippen LogP contribution in [0.5, 0.6) is 0 Å². The Kier molecular flexibility index (Phi) is 6.64. The van der Waals surface area contributed by atoms with Gasteiger partial charge < -0.3 is 16.0 Å². The summed E-state index contributed by atoms with van der Waals surface area (Å²) < 4.78 is 26.5. The molecule has 0 bridgehead atoms. The molecule has 0 fully saturated rings. The van der Waals surface area contributed by atoms with Crippen molar-refractivity contribution in [3.05, 3.63) is 17.7 Å². The molecule has 0 radical (unpaired) electrons. The van der Waals surface area contributed by atoms with Crippen LogP contribution in [-0.2, 0) is 0 Å². The molecule has 0 aliphatic heterocycles. The molecule has 1 rings (SSSR count). The molecule has 1 heterocycles. The number of nitrogen functional groups attached to an aromatic ring is 1. The van der Waals surface area contributed by atoms with Crippen LogP contribution >= 0.6 is 0 Å². The Hall–Kier alpha value is -1.43. The van der Waals surface area contributed by atoms with E-state index in [0.717, 1.165) is 38.5 Å². The van der Waals surface area contributed by atoms with Gasteiger partial charge in [0.1, 0.15) is 0 Å². The van der Waals surface area contributed by atoms with E-state index >= 15 is 0 Å². The van der Waals surface area contributed by atoms with Crippen molar-refractivity contribution in [3.63, 3.8) is 0 Å². The monoisotopic (exact) mass is 286 g/mol. The molecule has 0 aromatic carbocycles. The predicted molar refractivity (Wildman–Crippen MR) is 78.7 cm³/mol. The zero-order chi connectivity index (χ0) is 15.1. The molecule has 1 aromatic heterocycles. The molecule has 4 nitrogen and oxygen atoms in total. The lowest BCUT2D eigenvalue weighted by atomic mass is 10.1. The van der Waals surface area contributed by atoms with Crippen molar-refractivity contribution in [3.8, 4) is 0 Å². The van der Waals surface area contributed by atoms with Crippen LogP contribution in [-0.4, -0.2) is 35.6 Å². The minimum Gasteiger partial charge on any atom is -0.381 e. The lowest BCUT2D eigenvalue weighted by Crippen LogP contribution is -2.26. The number of anilines is 2. The van der Waals surface area contributed by atoms with Gasteiger partial charge in [0.25, 0.3) is 0 Å². The number of pyridine rings is 1.